The Morgan fingerprint density at radius 2 is 1.71 bits per heavy atom. The van der Waals surface area contributed by atoms with E-state index in [2.05, 4.69) is 0 Å². The molecule has 0 bridgehead atoms. The number of carbonyl (C=O) groups excluding carboxylic acids is 1. The molecule has 168 valence electrons. The van der Waals surface area contributed by atoms with Crippen LogP contribution in [0.2, 0.25) is 0 Å². The zero-order valence-electron chi connectivity index (χ0n) is 17.9. The highest BCUT2D eigenvalue weighted by molar-refractivity contribution is 7.89. The van der Waals surface area contributed by atoms with E-state index in [0.717, 1.165) is 5.56 Å². The minimum Gasteiger partial charge on any atom is -0.497 e. The Morgan fingerprint density at radius 3 is 2.29 bits per heavy atom. The fourth-order valence-electron chi connectivity index (χ4n) is 3.72. The summed E-state index contributed by atoms with van der Waals surface area (Å²) in [5, 5.41) is 10.3. The fraction of sp³-hybridized carbons (Fsp3) is 0.435. The van der Waals surface area contributed by atoms with Gasteiger partial charge in [0.2, 0.25) is 10.0 Å². The maximum atomic E-state index is 13.4. The Bertz CT molecular complexity index is 963. The van der Waals surface area contributed by atoms with Crippen LogP contribution in [0.25, 0.3) is 0 Å². The summed E-state index contributed by atoms with van der Waals surface area (Å²) in [6.45, 7) is 1.45. The minimum atomic E-state index is -3.95. The molecular formula is C23H29NO6S. The van der Waals surface area contributed by atoms with Gasteiger partial charge in [-0.1, -0.05) is 30.3 Å². The van der Waals surface area contributed by atoms with Gasteiger partial charge in [0.25, 0.3) is 0 Å². The number of rotatable bonds is 8. The maximum Gasteiger partial charge on any atom is 0.321 e. The van der Waals surface area contributed by atoms with Crippen LogP contribution >= 0.6 is 0 Å². The molecule has 8 heteroatoms. The minimum absolute atomic E-state index is 0.0788. The average molecular weight is 448 g/mol. The second kappa shape index (κ2) is 9.80. The number of nitrogens with zero attached hydrogens (tertiary/aromatic N) is 1. The Morgan fingerprint density at radius 1 is 1.10 bits per heavy atom. The third kappa shape index (κ3) is 6.06. The van der Waals surface area contributed by atoms with Crippen molar-refractivity contribution < 1.29 is 27.8 Å². The third-order valence-electron chi connectivity index (χ3n) is 5.63. The molecule has 0 unspecified atom stereocenters. The van der Waals surface area contributed by atoms with Crippen molar-refractivity contribution in [1.82, 2.24) is 4.31 Å². The predicted molar refractivity (Wildman–Crippen MR) is 116 cm³/mol. The zero-order valence-corrected chi connectivity index (χ0v) is 18.7. The zero-order chi connectivity index (χ0) is 22.5. The lowest BCUT2D eigenvalue weighted by molar-refractivity contribution is -0.145. The first-order valence-electron chi connectivity index (χ1n) is 10.3. The van der Waals surface area contributed by atoms with Gasteiger partial charge in [-0.3, -0.25) is 4.79 Å². The van der Waals surface area contributed by atoms with Gasteiger partial charge in [0.05, 0.1) is 17.6 Å². The summed E-state index contributed by atoms with van der Waals surface area (Å²) in [5.41, 5.74) is 0.00831. The first-order valence-corrected chi connectivity index (χ1v) is 11.7. The van der Waals surface area contributed by atoms with Crippen molar-refractivity contribution in [3.63, 3.8) is 0 Å². The number of carbonyl (C=O) groups is 1. The third-order valence-corrected chi connectivity index (χ3v) is 7.55. The maximum absolute atomic E-state index is 13.4. The van der Waals surface area contributed by atoms with Gasteiger partial charge in [0.1, 0.15) is 18.9 Å². The van der Waals surface area contributed by atoms with Crippen molar-refractivity contribution in [2.24, 2.45) is 0 Å². The van der Waals surface area contributed by atoms with E-state index in [0.29, 0.717) is 31.4 Å². The van der Waals surface area contributed by atoms with E-state index in [1.54, 1.807) is 19.1 Å². The van der Waals surface area contributed by atoms with Crippen LogP contribution in [0.4, 0.5) is 0 Å². The second-order valence-electron chi connectivity index (χ2n) is 8.10. The molecule has 0 radical (unpaired) electrons. The highest BCUT2D eigenvalue weighted by Crippen LogP contribution is 2.33. The summed E-state index contributed by atoms with van der Waals surface area (Å²) in [4.78, 5) is 12.7. The number of aliphatic hydroxyl groups is 1. The lowest BCUT2D eigenvalue weighted by atomic mass is 9.83. The molecule has 31 heavy (non-hydrogen) atoms. The van der Waals surface area contributed by atoms with Crippen LogP contribution in [-0.2, 0) is 26.2 Å². The summed E-state index contributed by atoms with van der Waals surface area (Å²) < 4.78 is 38.5. The van der Waals surface area contributed by atoms with Gasteiger partial charge in [-0.15, -0.1) is 0 Å². The van der Waals surface area contributed by atoms with E-state index in [-0.39, 0.29) is 18.0 Å². The average Bonchev–Trinajstić information content (AvgIpc) is 2.77. The molecule has 0 amide bonds. The number of esters is 1. The van der Waals surface area contributed by atoms with E-state index >= 15 is 0 Å². The lowest BCUT2D eigenvalue weighted by Gasteiger charge is -2.38. The second-order valence-corrected chi connectivity index (χ2v) is 9.99. The van der Waals surface area contributed by atoms with Gasteiger partial charge >= 0.3 is 5.97 Å². The Balaban J connectivity index is 1.79. The largest absolute Gasteiger partial charge is 0.497 e. The van der Waals surface area contributed by atoms with Crippen molar-refractivity contribution in [2.45, 2.75) is 55.8 Å². The molecule has 1 aliphatic rings. The van der Waals surface area contributed by atoms with Crippen LogP contribution in [0.5, 0.6) is 5.75 Å². The van der Waals surface area contributed by atoms with Crippen LogP contribution in [0.1, 0.15) is 38.2 Å². The molecule has 1 N–H and O–H groups in total. The smallest absolute Gasteiger partial charge is 0.321 e. The normalized spacial score (nSPS) is 21.6. The molecule has 1 saturated carbocycles. The van der Waals surface area contributed by atoms with Crippen LogP contribution in [0, 0.1) is 0 Å². The van der Waals surface area contributed by atoms with Crippen molar-refractivity contribution >= 4 is 16.0 Å². The molecule has 0 heterocycles. The first kappa shape index (κ1) is 23.2. The highest BCUT2D eigenvalue weighted by atomic mass is 32.2. The molecule has 0 aromatic heterocycles. The van der Waals surface area contributed by atoms with Gasteiger partial charge in [-0.05, 0) is 62.4 Å². The van der Waals surface area contributed by atoms with E-state index in [1.165, 1.54) is 23.5 Å². The number of hydrogen-bond donors (Lipinski definition) is 1. The molecule has 0 spiro atoms. The number of ether oxygens (including phenoxy) is 2. The molecule has 0 saturated heterocycles. The summed E-state index contributed by atoms with van der Waals surface area (Å²) in [6.07, 6.45) is 1.86. The molecule has 7 nitrogen and oxygen atoms in total. The molecule has 2 aromatic carbocycles. The summed E-state index contributed by atoms with van der Waals surface area (Å²) in [6, 6.07) is 14.9. The topological polar surface area (TPSA) is 93.1 Å². The Kier molecular flexibility index (Phi) is 7.35. The van der Waals surface area contributed by atoms with Crippen molar-refractivity contribution in [3.8, 4) is 5.75 Å². The fourth-order valence-corrected chi connectivity index (χ4v) is 5.35. The summed E-state index contributed by atoms with van der Waals surface area (Å²) in [7, 11) is -2.44. The van der Waals surface area contributed by atoms with E-state index in [1.807, 2.05) is 30.3 Å². The molecule has 3 rings (SSSR count). The monoisotopic (exact) mass is 447 g/mol. The Labute approximate surface area is 183 Å². The van der Waals surface area contributed by atoms with Gasteiger partial charge in [0, 0.05) is 6.04 Å². The van der Waals surface area contributed by atoms with E-state index in [4.69, 9.17) is 9.47 Å². The highest BCUT2D eigenvalue weighted by Gasteiger charge is 2.38. The molecule has 0 atom stereocenters. The van der Waals surface area contributed by atoms with Crippen LogP contribution in [0.15, 0.2) is 59.5 Å². The van der Waals surface area contributed by atoms with Crippen molar-refractivity contribution in [3.05, 3.63) is 60.2 Å². The molecule has 0 aliphatic heterocycles. The van der Waals surface area contributed by atoms with Crippen molar-refractivity contribution in [1.29, 1.82) is 0 Å². The molecule has 1 fully saturated rings. The standard InChI is InChI=1S/C23H29NO6S/c1-23(26)14-12-19(13-15-23)24(16-22(25)30-17-18-6-4-3-5-7-18)31(27,28)21-10-8-20(29-2)9-11-21/h3-11,19,26H,12-17H2,1-2H3. The number of hydrogen-bond acceptors (Lipinski definition) is 6. The number of methoxy groups -OCH3 is 1. The van der Waals surface area contributed by atoms with Gasteiger partial charge in [-0.2, -0.15) is 4.31 Å². The SMILES string of the molecule is COc1ccc(S(=O)(=O)N(CC(=O)OCc2ccccc2)C2CCC(C)(O)CC2)cc1. The van der Waals surface area contributed by atoms with E-state index in [9.17, 15) is 18.3 Å². The first-order chi connectivity index (χ1) is 14.7. The number of sulfonamides is 1. The quantitative estimate of drug-likeness (QED) is 0.625. The summed E-state index contributed by atoms with van der Waals surface area (Å²) in [5.74, 6) is -0.0697. The predicted octanol–water partition coefficient (Wildman–Crippen LogP) is 3.12. The molecule has 2 aromatic rings. The molecule has 1 aliphatic carbocycles. The van der Waals surface area contributed by atoms with Gasteiger partial charge in [0.15, 0.2) is 0 Å². The van der Waals surface area contributed by atoms with Gasteiger partial charge in [-0.25, -0.2) is 8.42 Å². The van der Waals surface area contributed by atoms with Crippen LogP contribution < -0.4 is 4.74 Å². The Hall–Kier alpha value is -2.42. The van der Waals surface area contributed by atoms with E-state index < -0.39 is 27.6 Å². The number of benzene rings is 2. The van der Waals surface area contributed by atoms with Gasteiger partial charge < -0.3 is 14.6 Å². The summed E-state index contributed by atoms with van der Waals surface area (Å²) >= 11 is 0. The lowest BCUT2D eigenvalue weighted by Crippen LogP contribution is -2.47. The van der Waals surface area contributed by atoms with Crippen LogP contribution in [0.3, 0.4) is 0 Å². The van der Waals surface area contributed by atoms with Crippen molar-refractivity contribution in [2.75, 3.05) is 13.7 Å². The molecular weight excluding hydrogens is 418 g/mol. The van der Waals surface area contributed by atoms with Crippen LogP contribution in [-0.4, -0.2) is 49.1 Å².